The summed E-state index contributed by atoms with van der Waals surface area (Å²) in [6.45, 7) is 5.28. The molecule has 1 atom stereocenters. The number of carbonyl (C=O) groups is 1. The Hall–Kier alpha value is -1.56. The molecule has 1 aromatic rings. The summed E-state index contributed by atoms with van der Waals surface area (Å²) in [5.74, 6) is -0.0592. The molecule has 0 spiro atoms. The third-order valence-electron chi connectivity index (χ3n) is 3.28. The summed E-state index contributed by atoms with van der Waals surface area (Å²) in [6.07, 6.45) is 2.27. The summed E-state index contributed by atoms with van der Waals surface area (Å²) in [6, 6.07) is 0. The first kappa shape index (κ1) is 12.9. The monoisotopic (exact) mass is 252 g/mol. The Morgan fingerprint density at radius 3 is 2.94 bits per heavy atom. The van der Waals surface area contributed by atoms with Crippen molar-refractivity contribution in [2.24, 2.45) is 0 Å². The Kier molecular flexibility index (Phi) is 3.86. The van der Waals surface area contributed by atoms with E-state index in [9.17, 15) is 4.79 Å². The molecule has 1 saturated heterocycles. The van der Waals surface area contributed by atoms with Crippen LogP contribution in [0.15, 0.2) is 0 Å². The number of hydrogen-bond donors (Lipinski definition) is 2. The van der Waals surface area contributed by atoms with Gasteiger partial charge in [-0.3, -0.25) is 9.48 Å². The Morgan fingerprint density at radius 1 is 1.61 bits per heavy atom. The summed E-state index contributed by atoms with van der Waals surface area (Å²) in [5.41, 5.74) is 8.07. The van der Waals surface area contributed by atoms with E-state index in [-0.39, 0.29) is 18.6 Å². The summed E-state index contributed by atoms with van der Waals surface area (Å²) >= 11 is 0. The van der Waals surface area contributed by atoms with E-state index in [0.717, 1.165) is 30.8 Å². The summed E-state index contributed by atoms with van der Waals surface area (Å²) in [4.78, 5) is 11.8. The van der Waals surface area contributed by atoms with Crippen LogP contribution in [0.2, 0.25) is 0 Å². The van der Waals surface area contributed by atoms with Gasteiger partial charge in [-0.2, -0.15) is 5.10 Å². The van der Waals surface area contributed by atoms with Gasteiger partial charge in [0.25, 0.3) is 0 Å². The average molecular weight is 252 g/mol. The van der Waals surface area contributed by atoms with E-state index in [4.69, 9.17) is 10.5 Å². The van der Waals surface area contributed by atoms with Crippen LogP contribution < -0.4 is 11.1 Å². The van der Waals surface area contributed by atoms with Crippen molar-refractivity contribution in [2.75, 3.05) is 18.9 Å². The lowest BCUT2D eigenvalue weighted by Gasteiger charge is -2.11. The Balaban J connectivity index is 1.84. The minimum Gasteiger partial charge on any atom is -0.396 e. The number of aryl methyl sites for hydroxylation is 1. The predicted octanol–water partition coefficient (Wildman–Crippen LogP) is 0.377. The number of hydrogen-bond acceptors (Lipinski definition) is 4. The normalized spacial score (nSPS) is 19.1. The van der Waals surface area contributed by atoms with Crippen molar-refractivity contribution in [1.29, 1.82) is 0 Å². The number of nitrogens with two attached hydrogens (primary N) is 1. The number of aromatic nitrogens is 2. The van der Waals surface area contributed by atoms with E-state index >= 15 is 0 Å². The maximum atomic E-state index is 11.8. The molecule has 2 heterocycles. The van der Waals surface area contributed by atoms with Gasteiger partial charge in [0.15, 0.2) is 0 Å². The lowest BCUT2D eigenvalue weighted by molar-refractivity contribution is -0.122. The van der Waals surface area contributed by atoms with Gasteiger partial charge < -0.3 is 15.8 Å². The van der Waals surface area contributed by atoms with Crippen molar-refractivity contribution in [3.63, 3.8) is 0 Å². The molecule has 1 aliphatic rings. The second-order valence-corrected chi connectivity index (χ2v) is 4.68. The Labute approximate surface area is 106 Å². The lowest BCUT2D eigenvalue weighted by atomic mass is 10.2. The van der Waals surface area contributed by atoms with Gasteiger partial charge in [0, 0.05) is 13.2 Å². The smallest absolute Gasteiger partial charge is 0.241 e. The molecule has 1 aliphatic heterocycles. The van der Waals surface area contributed by atoms with E-state index < -0.39 is 0 Å². The standard InChI is InChI=1S/C12H20N4O2/c1-8-12(13)9(2)16(15-8)7-11(17)14-6-10-4-3-5-18-10/h10H,3-7,13H2,1-2H3,(H,14,17). The van der Waals surface area contributed by atoms with Crippen molar-refractivity contribution >= 4 is 11.6 Å². The van der Waals surface area contributed by atoms with Crippen LogP contribution in [0, 0.1) is 13.8 Å². The molecule has 100 valence electrons. The van der Waals surface area contributed by atoms with Crippen LogP contribution in [0.1, 0.15) is 24.2 Å². The number of nitrogens with zero attached hydrogens (tertiary/aromatic N) is 2. The van der Waals surface area contributed by atoms with Crippen LogP contribution in [-0.4, -0.2) is 34.9 Å². The van der Waals surface area contributed by atoms with Gasteiger partial charge in [-0.25, -0.2) is 0 Å². The molecule has 6 heteroatoms. The first-order chi connectivity index (χ1) is 8.58. The van der Waals surface area contributed by atoms with Crippen molar-refractivity contribution in [1.82, 2.24) is 15.1 Å². The zero-order valence-electron chi connectivity index (χ0n) is 10.9. The van der Waals surface area contributed by atoms with Crippen molar-refractivity contribution in [3.8, 4) is 0 Å². The number of amides is 1. The van der Waals surface area contributed by atoms with Crippen molar-refractivity contribution in [2.45, 2.75) is 39.3 Å². The number of nitrogen functional groups attached to an aromatic ring is 1. The highest BCUT2D eigenvalue weighted by molar-refractivity contribution is 5.76. The van der Waals surface area contributed by atoms with Crippen LogP contribution in [0.5, 0.6) is 0 Å². The highest BCUT2D eigenvalue weighted by atomic mass is 16.5. The van der Waals surface area contributed by atoms with Gasteiger partial charge in [-0.05, 0) is 26.7 Å². The molecule has 0 aliphatic carbocycles. The van der Waals surface area contributed by atoms with E-state index in [1.165, 1.54) is 0 Å². The van der Waals surface area contributed by atoms with E-state index in [0.29, 0.717) is 12.2 Å². The zero-order valence-corrected chi connectivity index (χ0v) is 10.9. The number of ether oxygens (including phenoxy) is 1. The maximum Gasteiger partial charge on any atom is 0.241 e. The highest BCUT2D eigenvalue weighted by Gasteiger charge is 2.17. The molecular weight excluding hydrogens is 232 g/mol. The van der Waals surface area contributed by atoms with Crippen LogP contribution in [0.4, 0.5) is 5.69 Å². The quantitative estimate of drug-likeness (QED) is 0.811. The Bertz CT molecular complexity index is 436. The minimum absolute atomic E-state index is 0.0592. The summed E-state index contributed by atoms with van der Waals surface area (Å²) in [7, 11) is 0. The van der Waals surface area contributed by atoms with Gasteiger partial charge in [-0.15, -0.1) is 0 Å². The van der Waals surface area contributed by atoms with Gasteiger partial charge in [-0.1, -0.05) is 0 Å². The second kappa shape index (κ2) is 5.39. The van der Waals surface area contributed by atoms with Gasteiger partial charge in [0.1, 0.15) is 6.54 Å². The third-order valence-corrected chi connectivity index (χ3v) is 3.28. The molecule has 1 amide bonds. The summed E-state index contributed by atoms with van der Waals surface area (Å²) < 4.78 is 7.08. The van der Waals surface area contributed by atoms with Crippen LogP contribution in [0.25, 0.3) is 0 Å². The van der Waals surface area contributed by atoms with E-state index in [2.05, 4.69) is 10.4 Å². The zero-order chi connectivity index (χ0) is 13.1. The lowest BCUT2D eigenvalue weighted by Crippen LogP contribution is -2.34. The van der Waals surface area contributed by atoms with Crippen LogP contribution in [-0.2, 0) is 16.1 Å². The Morgan fingerprint density at radius 2 is 2.39 bits per heavy atom. The molecule has 1 aromatic heterocycles. The van der Waals surface area contributed by atoms with Gasteiger partial charge in [0.05, 0.1) is 23.2 Å². The summed E-state index contributed by atoms with van der Waals surface area (Å²) in [5, 5.41) is 7.09. The average Bonchev–Trinajstić information content (AvgIpc) is 2.93. The van der Waals surface area contributed by atoms with Gasteiger partial charge >= 0.3 is 0 Å². The van der Waals surface area contributed by atoms with Gasteiger partial charge in [0.2, 0.25) is 5.91 Å². The van der Waals surface area contributed by atoms with E-state index in [1.807, 2.05) is 13.8 Å². The van der Waals surface area contributed by atoms with Crippen molar-refractivity contribution in [3.05, 3.63) is 11.4 Å². The van der Waals surface area contributed by atoms with Crippen LogP contribution in [0.3, 0.4) is 0 Å². The molecule has 1 unspecified atom stereocenters. The third kappa shape index (κ3) is 2.81. The molecule has 18 heavy (non-hydrogen) atoms. The maximum absolute atomic E-state index is 11.8. The number of anilines is 1. The van der Waals surface area contributed by atoms with Crippen LogP contribution >= 0.6 is 0 Å². The minimum atomic E-state index is -0.0592. The fourth-order valence-corrected chi connectivity index (χ4v) is 2.09. The molecule has 1 fully saturated rings. The first-order valence-corrected chi connectivity index (χ1v) is 6.25. The molecule has 2 rings (SSSR count). The number of rotatable bonds is 4. The largest absolute Gasteiger partial charge is 0.396 e. The molecule has 0 bridgehead atoms. The SMILES string of the molecule is Cc1nn(CC(=O)NCC2CCCO2)c(C)c1N. The molecule has 6 nitrogen and oxygen atoms in total. The fraction of sp³-hybridized carbons (Fsp3) is 0.667. The molecule has 3 N–H and O–H groups in total. The van der Waals surface area contributed by atoms with E-state index in [1.54, 1.807) is 4.68 Å². The molecule has 0 radical (unpaired) electrons. The second-order valence-electron chi connectivity index (χ2n) is 4.68. The highest BCUT2D eigenvalue weighted by Crippen LogP contribution is 2.14. The predicted molar refractivity (Wildman–Crippen MR) is 68.1 cm³/mol. The number of carbonyl (C=O) groups excluding carboxylic acids is 1. The van der Waals surface area contributed by atoms with Crippen molar-refractivity contribution < 1.29 is 9.53 Å². The topological polar surface area (TPSA) is 82.2 Å². The molecule has 0 aromatic carbocycles. The number of nitrogens with one attached hydrogen (secondary N) is 1. The first-order valence-electron chi connectivity index (χ1n) is 6.25. The molecular formula is C12H20N4O2. The molecule has 0 saturated carbocycles. The fourth-order valence-electron chi connectivity index (χ4n) is 2.09.